The molecule has 3 rings (SSSR count). The third kappa shape index (κ3) is 4.20. The summed E-state index contributed by atoms with van der Waals surface area (Å²) in [5, 5.41) is 18.9. The Morgan fingerprint density at radius 2 is 2.39 bits per heavy atom. The summed E-state index contributed by atoms with van der Waals surface area (Å²) in [6.07, 6.45) is 3.82. The number of carbonyl (C=O) groups excluding carboxylic acids is 1. The first-order chi connectivity index (χ1) is 11.2. The summed E-state index contributed by atoms with van der Waals surface area (Å²) in [7, 11) is 1.98. The van der Waals surface area contributed by atoms with Crippen molar-refractivity contribution in [3.05, 3.63) is 23.8 Å². The van der Waals surface area contributed by atoms with E-state index in [4.69, 9.17) is 0 Å². The molecular formula is C14H19N7OS. The maximum Gasteiger partial charge on any atom is 0.240 e. The van der Waals surface area contributed by atoms with E-state index in [-0.39, 0.29) is 5.91 Å². The molecule has 1 fully saturated rings. The first kappa shape index (κ1) is 15.8. The predicted molar refractivity (Wildman–Crippen MR) is 88.4 cm³/mol. The van der Waals surface area contributed by atoms with Gasteiger partial charge in [-0.05, 0) is 32.0 Å². The van der Waals surface area contributed by atoms with Gasteiger partial charge in [0, 0.05) is 25.3 Å². The van der Waals surface area contributed by atoms with Crippen LogP contribution in [0.4, 0.5) is 10.9 Å². The molecule has 1 aliphatic heterocycles. The number of carbonyl (C=O) groups is 1. The molecule has 0 bridgehead atoms. The van der Waals surface area contributed by atoms with Crippen LogP contribution in [0, 0.1) is 0 Å². The van der Waals surface area contributed by atoms with Gasteiger partial charge in [0.15, 0.2) is 5.82 Å². The average molecular weight is 333 g/mol. The maximum absolute atomic E-state index is 12.1. The molecule has 9 heteroatoms. The van der Waals surface area contributed by atoms with Crippen LogP contribution in [0.3, 0.4) is 0 Å². The quantitative estimate of drug-likeness (QED) is 0.868. The highest BCUT2D eigenvalue weighted by molar-refractivity contribution is 7.13. The van der Waals surface area contributed by atoms with E-state index in [1.165, 1.54) is 11.3 Å². The minimum absolute atomic E-state index is 0.0686. The summed E-state index contributed by atoms with van der Waals surface area (Å²) in [4.78, 5) is 16.4. The van der Waals surface area contributed by atoms with Crippen LogP contribution in [0.1, 0.15) is 12.8 Å². The highest BCUT2D eigenvalue weighted by Crippen LogP contribution is 2.19. The van der Waals surface area contributed by atoms with Crippen LogP contribution in [0.2, 0.25) is 0 Å². The van der Waals surface area contributed by atoms with E-state index in [9.17, 15) is 4.79 Å². The average Bonchev–Trinajstić information content (AvgIpc) is 3.08. The Balaban J connectivity index is 1.54. The smallest absolute Gasteiger partial charge is 0.240 e. The summed E-state index contributed by atoms with van der Waals surface area (Å²) < 4.78 is 0. The Bertz CT molecular complexity index is 621. The molecule has 2 aromatic heterocycles. The van der Waals surface area contributed by atoms with E-state index in [1.54, 1.807) is 11.7 Å². The normalized spacial score (nSPS) is 18.2. The van der Waals surface area contributed by atoms with Crippen LogP contribution in [-0.4, -0.2) is 63.9 Å². The number of nitrogens with zero attached hydrogens (tertiary/aromatic N) is 6. The fraction of sp³-hybridized carbons (Fsp3) is 0.500. The lowest BCUT2D eigenvalue weighted by Gasteiger charge is -2.37. The number of amides is 1. The minimum Gasteiger partial charge on any atom is -0.354 e. The van der Waals surface area contributed by atoms with Gasteiger partial charge in [-0.15, -0.1) is 15.3 Å². The number of rotatable bonds is 5. The van der Waals surface area contributed by atoms with E-state index in [0.717, 1.165) is 31.7 Å². The molecule has 1 saturated heterocycles. The van der Waals surface area contributed by atoms with Gasteiger partial charge in [-0.1, -0.05) is 11.3 Å². The predicted octanol–water partition coefficient (Wildman–Crippen LogP) is 0.867. The number of hydrogen-bond donors (Lipinski definition) is 1. The Morgan fingerprint density at radius 3 is 3.13 bits per heavy atom. The first-order valence-electron chi connectivity index (χ1n) is 7.51. The van der Waals surface area contributed by atoms with Gasteiger partial charge in [-0.2, -0.15) is 5.10 Å². The van der Waals surface area contributed by atoms with Crippen molar-refractivity contribution < 1.29 is 4.79 Å². The number of piperidine rings is 1. The van der Waals surface area contributed by atoms with Crippen molar-refractivity contribution in [1.29, 1.82) is 0 Å². The summed E-state index contributed by atoms with van der Waals surface area (Å²) in [5.41, 5.74) is 1.60. The van der Waals surface area contributed by atoms with E-state index in [2.05, 4.69) is 35.5 Å². The summed E-state index contributed by atoms with van der Waals surface area (Å²) in [6.45, 7) is 2.15. The van der Waals surface area contributed by atoms with Crippen molar-refractivity contribution in [2.24, 2.45) is 0 Å². The molecule has 0 aromatic carbocycles. The Kier molecular flexibility index (Phi) is 5.09. The molecule has 0 saturated carbocycles. The van der Waals surface area contributed by atoms with Crippen molar-refractivity contribution in [2.75, 3.05) is 36.9 Å². The molecule has 1 N–H and O–H groups in total. The second-order valence-corrected chi connectivity index (χ2v) is 6.36. The Labute approximate surface area is 138 Å². The van der Waals surface area contributed by atoms with Gasteiger partial charge in [0.05, 0.1) is 6.54 Å². The second kappa shape index (κ2) is 7.42. The van der Waals surface area contributed by atoms with Crippen molar-refractivity contribution in [3.63, 3.8) is 0 Å². The van der Waals surface area contributed by atoms with Crippen LogP contribution in [0.25, 0.3) is 0 Å². The van der Waals surface area contributed by atoms with Crippen molar-refractivity contribution in [3.8, 4) is 0 Å². The number of anilines is 2. The standard InChI is InChI=1S/C14H19N7OS/c1-20(9-13(22)17-14-19-16-10-23-14)11-4-3-7-21(8-11)12-5-2-6-15-18-12/h2,5-6,10-11H,3-4,7-9H2,1H3,(H,17,19,22)/t11-/m1/s1. The molecule has 3 heterocycles. The number of aromatic nitrogens is 4. The Morgan fingerprint density at radius 1 is 1.48 bits per heavy atom. The SMILES string of the molecule is CN(CC(=O)Nc1nncs1)[C@@H]1CCCN(c2cccnn2)C1. The molecule has 8 nitrogen and oxygen atoms in total. The number of hydrogen-bond acceptors (Lipinski definition) is 8. The van der Waals surface area contributed by atoms with Crippen LogP contribution in [0.15, 0.2) is 23.8 Å². The zero-order chi connectivity index (χ0) is 16.1. The largest absolute Gasteiger partial charge is 0.354 e. The fourth-order valence-corrected chi connectivity index (χ4v) is 3.19. The molecule has 0 aliphatic carbocycles. The molecule has 0 radical (unpaired) electrons. The van der Waals surface area contributed by atoms with Crippen molar-refractivity contribution in [2.45, 2.75) is 18.9 Å². The van der Waals surface area contributed by atoms with Gasteiger partial charge in [0.25, 0.3) is 0 Å². The van der Waals surface area contributed by atoms with Crippen molar-refractivity contribution >= 4 is 28.2 Å². The zero-order valence-corrected chi connectivity index (χ0v) is 13.7. The molecule has 2 aromatic rings. The summed E-state index contributed by atoms with van der Waals surface area (Å²) in [6, 6.07) is 4.17. The van der Waals surface area contributed by atoms with Crippen LogP contribution in [0.5, 0.6) is 0 Å². The maximum atomic E-state index is 12.1. The van der Waals surface area contributed by atoms with E-state index in [1.807, 2.05) is 19.2 Å². The van der Waals surface area contributed by atoms with Crippen LogP contribution < -0.4 is 10.2 Å². The zero-order valence-electron chi connectivity index (χ0n) is 12.9. The summed E-state index contributed by atoms with van der Waals surface area (Å²) in [5.74, 6) is 0.824. The van der Waals surface area contributed by atoms with Gasteiger partial charge in [-0.25, -0.2) is 0 Å². The van der Waals surface area contributed by atoms with Gasteiger partial charge in [0.1, 0.15) is 5.51 Å². The number of nitrogens with one attached hydrogen (secondary N) is 1. The molecule has 1 amide bonds. The third-order valence-corrected chi connectivity index (χ3v) is 4.51. The van der Waals surface area contributed by atoms with E-state index >= 15 is 0 Å². The van der Waals surface area contributed by atoms with E-state index < -0.39 is 0 Å². The molecule has 23 heavy (non-hydrogen) atoms. The van der Waals surface area contributed by atoms with Gasteiger partial charge in [-0.3, -0.25) is 15.0 Å². The fourth-order valence-electron chi connectivity index (χ4n) is 2.73. The van der Waals surface area contributed by atoms with Gasteiger partial charge in [0.2, 0.25) is 11.0 Å². The highest BCUT2D eigenvalue weighted by Gasteiger charge is 2.25. The lowest BCUT2D eigenvalue weighted by Crippen LogP contribution is -2.48. The number of likely N-dealkylation sites (N-methyl/N-ethyl adjacent to an activating group) is 1. The third-order valence-electron chi connectivity index (χ3n) is 3.90. The van der Waals surface area contributed by atoms with Gasteiger partial charge < -0.3 is 4.90 Å². The lowest BCUT2D eigenvalue weighted by molar-refractivity contribution is -0.117. The highest BCUT2D eigenvalue weighted by atomic mass is 32.1. The molecule has 1 atom stereocenters. The lowest BCUT2D eigenvalue weighted by atomic mass is 10.0. The van der Waals surface area contributed by atoms with Crippen molar-refractivity contribution in [1.82, 2.24) is 25.3 Å². The van der Waals surface area contributed by atoms with Gasteiger partial charge >= 0.3 is 0 Å². The topological polar surface area (TPSA) is 87.1 Å². The molecule has 122 valence electrons. The first-order valence-corrected chi connectivity index (χ1v) is 8.39. The van der Waals surface area contributed by atoms with E-state index in [0.29, 0.717) is 17.7 Å². The minimum atomic E-state index is -0.0686. The monoisotopic (exact) mass is 333 g/mol. The van der Waals surface area contributed by atoms with Crippen LogP contribution in [-0.2, 0) is 4.79 Å². The summed E-state index contributed by atoms with van der Waals surface area (Å²) >= 11 is 1.32. The molecule has 0 unspecified atom stereocenters. The molecule has 0 spiro atoms. The Hall–Kier alpha value is -2.13. The van der Waals surface area contributed by atoms with Crippen LogP contribution >= 0.6 is 11.3 Å². The second-order valence-electron chi connectivity index (χ2n) is 5.53. The molecular weight excluding hydrogens is 314 g/mol. The molecule has 1 aliphatic rings.